The van der Waals surface area contributed by atoms with Gasteiger partial charge in [0.1, 0.15) is 0 Å². The standard InChI is InChI=1S/C14H22ClN3/c1-17(2)14-7-9-18(11-14)10-8-16-13-5-3-12(15)4-6-13/h3-6,14,16H,7-11H2,1-2H3. The van der Waals surface area contributed by atoms with Crippen LogP contribution in [0.4, 0.5) is 5.69 Å². The highest BCUT2D eigenvalue weighted by Gasteiger charge is 2.22. The first-order valence-corrected chi connectivity index (χ1v) is 6.91. The number of anilines is 1. The lowest BCUT2D eigenvalue weighted by Gasteiger charge is -2.20. The minimum atomic E-state index is 0.723. The van der Waals surface area contributed by atoms with Crippen LogP contribution in [0.1, 0.15) is 6.42 Å². The molecule has 1 heterocycles. The molecule has 1 aromatic carbocycles. The third-order valence-corrected chi connectivity index (χ3v) is 3.83. The van der Waals surface area contributed by atoms with Crippen LogP contribution in [0.3, 0.4) is 0 Å². The van der Waals surface area contributed by atoms with E-state index in [2.05, 4.69) is 29.2 Å². The Kier molecular flexibility index (Phi) is 4.87. The fourth-order valence-corrected chi connectivity index (χ4v) is 2.49. The Morgan fingerprint density at radius 1 is 1.33 bits per heavy atom. The Morgan fingerprint density at radius 2 is 2.06 bits per heavy atom. The van der Waals surface area contributed by atoms with E-state index in [-0.39, 0.29) is 0 Å². The van der Waals surface area contributed by atoms with E-state index in [9.17, 15) is 0 Å². The monoisotopic (exact) mass is 267 g/mol. The van der Waals surface area contributed by atoms with Gasteiger partial charge in [-0.05, 0) is 51.3 Å². The van der Waals surface area contributed by atoms with Crippen molar-refractivity contribution in [3.8, 4) is 0 Å². The summed E-state index contributed by atoms with van der Waals surface area (Å²) in [6, 6.07) is 8.61. The predicted octanol–water partition coefficient (Wildman–Crippen LogP) is 2.39. The molecule has 4 heteroatoms. The number of nitrogens with zero attached hydrogens (tertiary/aromatic N) is 2. The van der Waals surface area contributed by atoms with Crippen molar-refractivity contribution in [2.45, 2.75) is 12.5 Å². The van der Waals surface area contributed by atoms with Crippen LogP contribution in [-0.4, -0.2) is 56.1 Å². The molecule has 0 spiro atoms. The molecule has 1 fully saturated rings. The van der Waals surface area contributed by atoms with Crippen molar-refractivity contribution in [3.05, 3.63) is 29.3 Å². The van der Waals surface area contributed by atoms with Gasteiger partial charge in [0.15, 0.2) is 0 Å². The van der Waals surface area contributed by atoms with Crippen molar-refractivity contribution in [1.29, 1.82) is 0 Å². The molecule has 1 N–H and O–H groups in total. The summed E-state index contributed by atoms with van der Waals surface area (Å²) >= 11 is 5.85. The van der Waals surface area contributed by atoms with E-state index < -0.39 is 0 Å². The zero-order chi connectivity index (χ0) is 13.0. The zero-order valence-corrected chi connectivity index (χ0v) is 12.0. The molecule has 0 saturated carbocycles. The number of likely N-dealkylation sites (N-methyl/N-ethyl adjacent to an activating group) is 1. The first-order valence-electron chi connectivity index (χ1n) is 6.53. The minimum absolute atomic E-state index is 0.723. The van der Waals surface area contributed by atoms with Gasteiger partial charge in [-0.3, -0.25) is 4.90 Å². The molecule has 18 heavy (non-hydrogen) atoms. The van der Waals surface area contributed by atoms with E-state index in [1.165, 1.54) is 19.5 Å². The van der Waals surface area contributed by atoms with Gasteiger partial charge in [0.25, 0.3) is 0 Å². The van der Waals surface area contributed by atoms with Gasteiger partial charge in [0.2, 0.25) is 0 Å². The van der Waals surface area contributed by atoms with Gasteiger partial charge >= 0.3 is 0 Å². The van der Waals surface area contributed by atoms with Crippen molar-refractivity contribution in [1.82, 2.24) is 9.80 Å². The van der Waals surface area contributed by atoms with Crippen LogP contribution in [0.25, 0.3) is 0 Å². The fraction of sp³-hybridized carbons (Fsp3) is 0.571. The molecule has 0 aromatic heterocycles. The normalized spacial score (nSPS) is 20.6. The highest BCUT2D eigenvalue weighted by Crippen LogP contribution is 2.14. The Morgan fingerprint density at radius 3 is 2.67 bits per heavy atom. The van der Waals surface area contributed by atoms with Crippen molar-refractivity contribution in [2.24, 2.45) is 0 Å². The number of nitrogens with one attached hydrogen (secondary N) is 1. The lowest BCUT2D eigenvalue weighted by Crippen LogP contribution is -2.33. The molecule has 3 nitrogen and oxygen atoms in total. The summed E-state index contributed by atoms with van der Waals surface area (Å²) in [6.45, 7) is 4.50. The molecule has 0 amide bonds. The van der Waals surface area contributed by atoms with Gasteiger partial charge in [-0.15, -0.1) is 0 Å². The molecule has 0 radical (unpaired) electrons. The lowest BCUT2D eigenvalue weighted by molar-refractivity contribution is 0.273. The van der Waals surface area contributed by atoms with Crippen LogP contribution in [-0.2, 0) is 0 Å². The largest absolute Gasteiger partial charge is 0.384 e. The number of likely N-dealkylation sites (tertiary alicyclic amines) is 1. The second kappa shape index (κ2) is 6.41. The zero-order valence-electron chi connectivity index (χ0n) is 11.2. The second-order valence-electron chi connectivity index (χ2n) is 5.14. The average Bonchev–Trinajstić information content (AvgIpc) is 2.81. The summed E-state index contributed by atoms with van der Waals surface area (Å²) < 4.78 is 0. The highest BCUT2D eigenvalue weighted by atomic mass is 35.5. The fourth-order valence-electron chi connectivity index (χ4n) is 2.36. The molecule has 100 valence electrons. The van der Waals surface area contributed by atoms with Crippen LogP contribution in [0.5, 0.6) is 0 Å². The van der Waals surface area contributed by atoms with Crippen LogP contribution in [0.2, 0.25) is 5.02 Å². The summed E-state index contributed by atoms with van der Waals surface area (Å²) in [4.78, 5) is 4.85. The maximum atomic E-state index is 5.85. The highest BCUT2D eigenvalue weighted by molar-refractivity contribution is 6.30. The maximum absolute atomic E-state index is 5.85. The van der Waals surface area contributed by atoms with E-state index in [4.69, 9.17) is 11.6 Å². The van der Waals surface area contributed by atoms with Crippen molar-refractivity contribution in [3.63, 3.8) is 0 Å². The quantitative estimate of drug-likeness (QED) is 0.884. The van der Waals surface area contributed by atoms with Crippen LogP contribution < -0.4 is 5.32 Å². The van der Waals surface area contributed by atoms with E-state index in [0.717, 1.165) is 29.8 Å². The first kappa shape index (κ1) is 13.7. The van der Waals surface area contributed by atoms with E-state index in [1.54, 1.807) is 0 Å². The summed E-state index contributed by atoms with van der Waals surface area (Å²) in [6.07, 6.45) is 1.29. The van der Waals surface area contributed by atoms with Gasteiger partial charge in [-0.2, -0.15) is 0 Å². The minimum Gasteiger partial charge on any atom is -0.384 e. The number of rotatable bonds is 5. The molecule has 0 bridgehead atoms. The van der Waals surface area contributed by atoms with E-state index in [1.807, 2.05) is 24.3 Å². The Hall–Kier alpha value is -0.770. The molecule has 1 aliphatic rings. The third-order valence-electron chi connectivity index (χ3n) is 3.58. The van der Waals surface area contributed by atoms with E-state index in [0.29, 0.717) is 0 Å². The summed E-state index contributed by atoms with van der Waals surface area (Å²) in [7, 11) is 4.33. The average molecular weight is 268 g/mol. The first-order chi connectivity index (χ1) is 8.65. The van der Waals surface area contributed by atoms with Crippen molar-refractivity contribution < 1.29 is 0 Å². The third kappa shape index (κ3) is 3.87. The Labute approximate surface area is 115 Å². The second-order valence-corrected chi connectivity index (χ2v) is 5.58. The molecular formula is C14H22ClN3. The smallest absolute Gasteiger partial charge is 0.0407 e. The predicted molar refractivity (Wildman–Crippen MR) is 78.5 cm³/mol. The maximum Gasteiger partial charge on any atom is 0.0407 e. The summed E-state index contributed by atoms with van der Waals surface area (Å²) in [5.74, 6) is 0. The van der Waals surface area contributed by atoms with Gasteiger partial charge in [-0.1, -0.05) is 11.6 Å². The van der Waals surface area contributed by atoms with E-state index >= 15 is 0 Å². The van der Waals surface area contributed by atoms with Crippen molar-refractivity contribution >= 4 is 17.3 Å². The molecule has 1 saturated heterocycles. The van der Waals surface area contributed by atoms with Gasteiger partial charge in [0, 0.05) is 36.4 Å². The topological polar surface area (TPSA) is 18.5 Å². The molecular weight excluding hydrogens is 246 g/mol. The Balaban J connectivity index is 1.68. The number of hydrogen-bond donors (Lipinski definition) is 1. The molecule has 1 aromatic rings. The van der Waals surface area contributed by atoms with Gasteiger partial charge in [0.05, 0.1) is 0 Å². The van der Waals surface area contributed by atoms with Gasteiger partial charge in [-0.25, -0.2) is 0 Å². The van der Waals surface area contributed by atoms with Crippen LogP contribution in [0, 0.1) is 0 Å². The molecule has 0 aliphatic carbocycles. The SMILES string of the molecule is CN(C)C1CCN(CCNc2ccc(Cl)cc2)C1. The number of benzene rings is 1. The molecule has 2 rings (SSSR count). The number of halogens is 1. The van der Waals surface area contributed by atoms with Crippen LogP contribution in [0.15, 0.2) is 24.3 Å². The molecule has 1 unspecified atom stereocenters. The Bertz CT molecular complexity index is 364. The molecule has 1 atom stereocenters. The summed E-state index contributed by atoms with van der Waals surface area (Å²) in [5, 5.41) is 4.21. The lowest BCUT2D eigenvalue weighted by atomic mass is 10.2. The number of hydrogen-bond acceptors (Lipinski definition) is 3. The van der Waals surface area contributed by atoms with Crippen LogP contribution >= 0.6 is 11.6 Å². The van der Waals surface area contributed by atoms with Gasteiger partial charge < -0.3 is 10.2 Å². The molecule has 1 aliphatic heterocycles. The van der Waals surface area contributed by atoms with Crippen molar-refractivity contribution in [2.75, 3.05) is 45.6 Å². The summed E-state index contributed by atoms with van der Waals surface area (Å²) in [5.41, 5.74) is 1.14.